The van der Waals surface area contributed by atoms with Gasteiger partial charge in [-0.3, -0.25) is 4.79 Å². The van der Waals surface area contributed by atoms with Crippen molar-refractivity contribution in [1.82, 2.24) is 5.32 Å². The Morgan fingerprint density at radius 1 is 1.20 bits per heavy atom. The minimum atomic E-state index is -1.52. The molecule has 0 atom stereocenters. The number of hydrogen-bond donors (Lipinski definition) is 4. The van der Waals surface area contributed by atoms with Crippen LogP contribution in [0, 0.1) is 0 Å². The minimum absolute atomic E-state index is 0.112. The number of carbonyl (C=O) groups is 1. The number of halogens is 2. The molecule has 0 radical (unpaired) electrons. The van der Waals surface area contributed by atoms with Crippen molar-refractivity contribution in [2.24, 2.45) is 0 Å². The van der Waals surface area contributed by atoms with Crippen molar-refractivity contribution in [3.8, 4) is 5.75 Å². The Balaban J connectivity index is 3.04. The SMILES string of the molecule is COc1c(Cl)cc(C(=O)NC(CO)(CO)CO)cc1Cl. The van der Waals surface area contributed by atoms with E-state index in [1.54, 1.807) is 0 Å². The van der Waals surface area contributed by atoms with E-state index < -0.39 is 31.3 Å². The van der Waals surface area contributed by atoms with Crippen LogP contribution >= 0.6 is 23.2 Å². The van der Waals surface area contributed by atoms with Gasteiger partial charge in [0.2, 0.25) is 0 Å². The average molecular weight is 324 g/mol. The molecule has 0 bridgehead atoms. The molecule has 0 fully saturated rings. The summed E-state index contributed by atoms with van der Waals surface area (Å²) in [5.41, 5.74) is -1.41. The first-order valence-electron chi connectivity index (χ1n) is 5.61. The summed E-state index contributed by atoms with van der Waals surface area (Å²) in [6, 6.07) is 2.66. The normalized spacial score (nSPS) is 11.3. The van der Waals surface area contributed by atoms with Crippen molar-refractivity contribution in [3.05, 3.63) is 27.7 Å². The highest BCUT2D eigenvalue weighted by atomic mass is 35.5. The molecule has 0 aliphatic carbocycles. The number of aliphatic hydroxyl groups excluding tert-OH is 3. The summed E-state index contributed by atoms with van der Waals surface area (Å²) < 4.78 is 4.96. The molecule has 0 spiro atoms. The molecule has 1 aromatic carbocycles. The summed E-state index contributed by atoms with van der Waals surface area (Å²) in [7, 11) is 1.39. The van der Waals surface area contributed by atoms with Crippen LogP contribution in [0.4, 0.5) is 0 Å². The summed E-state index contributed by atoms with van der Waals surface area (Å²) in [5.74, 6) is -0.406. The van der Waals surface area contributed by atoms with Crippen molar-refractivity contribution in [2.45, 2.75) is 5.54 Å². The lowest BCUT2D eigenvalue weighted by Crippen LogP contribution is -2.57. The minimum Gasteiger partial charge on any atom is -0.494 e. The first-order valence-corrected chi connectivity index (χ1v) is 6.36. The quantitative estimate of drug-likeness (QED) is 0.609. The molecule has 112 valence electrons. The predicted molar refractivity (Wildman–Crippen MR) is 74.5 cm³/mol. The van der Waals surface area contributed by atoms with Crippen LogP contribution in [-0.4, -0.2) is 53.7 Å². The van der Waals surface area contributed by atoms with Crippen molar-refractivity contribution in [1.29, 1.82) is 0 Å². The number of nitrogens with one attached hydrogen (secondary N) is 1. The summed E-state index contributed by atoms with van der Waals surface area (Å²) in [6.45, 7) is -1.87. The molecule has 8 heteroatoms. The standard InChI is InChI=1S/C12H15Cl2NO5/c1-20-10-8(13)2-7(3-9(10)14)11(19)15-12(4-16,5-17)6-18/h2-3,16-18H,4-6H2,1H3,(H,15,19). The number of methoxy groups -OCH3 is 1. The van der Waals surface area contributed by atoms with Crippen LogP contribution in [0.1, 0.15) is 10.4 Å². The first-order chi connectivity index (χ1) is 9.42. The number of aliphatic hydroxyl groups is 3. The third-order valence-corrected chi connectivity index (χ3v) is 3.31. The molecule has 4 N–H and O–H groups in total. The van der Waals surface area contributed by atoms with Crippen LogP contribution in [0.2, 0.25) is 10.0 Å². The fraction of sp³-hybridized carbons (Fsp3) is 0.417. The fourth-order valence-electron chi connectivity index (χ4n) is 1.47. The van der Waals surface area contributed by atoms with E-state index in [2.05, 4.69) is 5.32 Å². The van der Waals surface area contributed by atoms with E-state index in [4.69, 9.17) is 43.3 Å². The van der Waals surface area contributed by atoms with Crippen LogP contribution in [-0.2, 0) is 0 Å². The molecule has 0 heterocycles. The van der Waals surface area contributed by atoms with Gasteiger partial charge in [-0.15, -0.1) is 0 Å². The fourth-order valence-corrected chi connectivity index (χ4v) is 2.11. The van der Waals surface area contributed by atoms with E-state index in [0.717, 1.165) is 0 Å². The van der Waals surface area contributed by atoms with E-state index >= 15 is 0 Å². The highest BCUT2D eigenvalue weighted by Crippen LogP contribution is 2.33. The van der Waals surface area contributed by atoms with Gasteiger partial charge in [-0.1, -0.05) is 23.2 Å². The van der Waals surface area contributed by atoms with E-state index in [9.17, 15) is 4.79 Å². The number of rotatable bonds is 6. The van der Waals surface area contributed by atoms with Crippen LogP contribution in [0.3, 0.4) is 0 Å². The van der Waals surface area contributed by atoms with Crippen LogP contribution in [0.25, 0.3) is 0 Å². The van der Waals surface area contributed by atoms with Crippen molar-refractivity contribution in [3.63, 3.8) is 0 Å². The Labute approximate surface area is 125 Å². The summed E-state index contributed by atoms with van der Waals surface area (Å²) in [4.78, 5) is 12.0. The predicted octanol–water partition coefficient (Wildman–Crippen LogP) is 0.447. The maximum Gasteiger partial charge on any atom is 0.252 e. The zero-order valence-corrected chi connectivity index (χ0v) is 12.2. The van der Waals surface area contributed by atoms with Gasteiger partial charge in [-0.2, -0.15) is 0 Å². The third-order valence-electron chi connectivity index (χ3n) is 2.75. The van der Waals surface area contributed by atoms with Gasteiger partial charge in [0.05, 0.1) is 37.0 Å². The lowest BCUT2D eigenvalue weighted by Gasteiger charge is -2.28. The van der Waals surface area contributed by atoms with Gasteiger partial charge in [0.25, 0.3) is 5.91 Å². The molecule has 20 heavy (non-hydrogen) atoms. The van der Waals surface area contributed by atoms with Crippen molar-refractivity contribution in [2.75, 3.05) is 26.9 Å². The molecule has 0 aliphatic heterocycles. The Kier molecular flexibility index (Phi) is 6.04. The van der Waals surface area contributed by atoms with Gasteiger partial charge in [0.1, 0.15) is 5.54 Å². The Bertz CT molecular complexity index is 459. The molecular formula is C12H15Cl2NO5. The van der Waals surface area contributed by atoms with Crippen LogP contribution in [0.15, 0.2) is 12.1 Å². The third kappa shape index (κ3) is 3.53. The molecule has 1 amide bonds. The summed E-state index contributed by atoms with van der Waals surface area (Å²) in [6.07, 6.45) is 0. The highest BCUT2D eigenvalue weighted by molar-refractivity contribution is 6.37. The highest BCUT2D eigenvalue weighted by Gasteiger charge is 2.30. The second kappa shape index (κ2) is 7.10. The number of amides is 1. The zero-order chi connectivity index (χ0) is 15.3. The van der Waals surface area contributed by atoms with Gasteiger partial charge in [0, 0.05) is 5.56 Å². The maximum atomic E-state index is 12.0. The summed E-state index contributed by atoms with van der Waals surface area (Å²) >= 11 is 11.8. The van der Waals surface area contributed by atoms with Gasteiger partial charge >= 0.3 is 0 Å². The largest absolute Gasteiger partial charge is 0.494 e. The maximum absolute atomic E-state index is 12.0. The van der Waals surface area contributed by atoms with Gasteiger partial charge < -0.3 is 25.4 Å². The molecule has 0 aromatic heterocycles. The summed E-state index contributed by atoms with van der Waals surface area (Å²) in [5, 5.41) is 30.1. The Hall–Kier alpha value is -1.05. The second-order valence-corrected chi connectivity index (χ2v) is 5.00. The van der Waals surface area contributed by atoms with Crippen molar-refractivity contribution >= 4 is 29.1 Å². The molecule has 0 unspecified atom stereocenters. The monoisotopic (exact) mass is 323 g/mol. The molecule has 0 saturated heterocycles. The smallest absolute Gasteiger partial charge is 0.252 e. The lowest BCUT2D eigenvalue weighted by molar-refractivity contribution is 0.0375. The molecule has 1 rings (SSSR count). The number of benzene rings is 1. The van der Waals surface area contributed by atoms with E-state index in [1.807, 2.05) is 0 Å². The van der Waals surface area contributed by atoms with E-state index in [-0.39, 0.29) is 21.4 Å². The van der Waals surface area contributed by atoms with Crippen LogP contribution in [0.5, 0.6) is 5.75 Å². The first kappa shape index (κ1) is 17.0. The van der Waals surface area contributed by atoms with E-state index in [1.165, 1.54) is 19.2 Å². The zero-order valence-electron chi connectivity index (χ0n) is 10.7. The van der Waals surface area contributed by atoms with E-state index in [0.29, 0.717) is 0 Å². The van der Waals surface area contributed by atoms with Gasteiger partial charge in [-0.05, 0) is 12.1 Å². The second-order valence-electron chi connectivity index (χ2n) is 4.18. The molecule has 0 saturated carbocycles. The molecule has 1 aromatic rings. The topological polar surface area (TPSA) is 99.0 Å². The molecule has 6 nitrogen and oxygen atoms in total. The Morgan fingerprint density at radius 2 is 1.65 bits per heavy atom. The van der Waals surface area contributed by atoms with Gasteiger partial charge in [-0.25, -0.2) is 0 Å². The molecular weight excluding hydrogens is 309 g/mol. The van der Waals surface area contributed by atoms with Crippen molar-refractivity contribution < 1.29 is 24.9 Å². The van der Waals surface area contributed by atoms with Gasteiger partial charge in [0.15, 0.2) is 5.75 Å². The number of hydrogen-bond acceptors (Lipinski definition) is 5. The Morgan fingerprint density at radius 3 is 2.00 bits per heavy atom. The number of ether oxygens (including phenoxy) is 1. The number of carbonyl (C=O) groups excluding carboxylic acids is 1. The van der Waals surface area contributed by atoms with Crippen LogP contribution < -0.4 is 10.1 Å². The lowest BCUT2D eigenvalue weighted by atomic mass is 10.0. The molecule has 0 aliphatic rings. The average Bonchev–Trinajstić information content (AvgIpc) is 2.44.